The summed E-state index contributed by atoms with van der Waals surface area (Å²) < 4.78 is 15.2. The number of halogens is 1. The molecule has 3 aromatic rings. The highest BCUT2D eigenvalue weighted by Crippen LogP contribution is 2.32. The lowest BCUT2D eigenvalue weighted by Gasteiger charge is -2.08. The molecule has 2 aromatic carbocycles. The van der Waals surface area contributed by atoms with E-state index in [0.717, 1.165) is 11.6 Å². The molecule has 0 aliphatic carbocycles. The Morgan fingerprint density at radius 3 is 2.40 bits per heavy atom. The monoisotopic (exact) mass is 340 g/mol. The van der Waals surface area contributed by atoms with E-state index in [1.54, 1.807) is 19.1 Å². The molecule has 1 aromatic heterocycles. The van der Waals surface area contributed by atoms with Crippen LogP contribution in [0.3, 0.4) is 0 Å². The number of benzene rings is 2. The van der Waals surface area contributed by atoms with Gasteiger partial charge in [-0.05, 0) is 37.6 Å². The molecule has 5 nitrogen and oxygen atoms in total. The van der Waals surface area contributed by atoms with Gasteiger partial charge < -0.3 is 10.8 Å². The number of primary amides is 1. The third-order valence-electron chi connectivity index (χ3n) is 4.26. The number of aromatic hydroxyl groups is 1. The molecule has 0 radical (unpaired) electrons. The quantitative estimate of drug-likeness (QED) is 0.769. The van der Waals surface area contributed by atoms with Gasteiger partial charge in [0.05, 0.1) is 11.9 Å². The van der Waals surface area contributed by atoms with Crippen LogP contribution >= 0.6 is 0 Å². The number of amides is 1. The number of fused-ring (bicyclic) bond motifs is 1. The fourth-order valence-corrected chi connectivity index (χ4v) is 2.97. The first-order valence-corrected chi connectivity index (χ1v) is 7.71. The molecule has 0 atom stereocenters. The summed E-state index contributed by atoms with van der Waals surface area (Å²) in [6.07, 6.45) is -0.110. The number of aryl methyl sites for hydroxylation is 1. The number of hydrogen-bond donors (Lipinski definition) is 2. The normalized spacial score (nSPS) is 11.0. The topological polar surface area (TPSA) is 85.3 Å². The summed E-state index contributed by atoms with van der Waals surface area (Å²) in [5, 5.41) is 10.1. The van der Waals surface area contributed by atoms with Gasteiger partial charge in [-0.1, -0.05) is 17.7 Å². The van der Waals surface area contributed by atoms with Crippen LogP contribution in [0.5, 0.6) is 5.75 Å². The van der Waals surface area contributed by atoms with Gasteiger partial charge in [0.15, 0.2) is 11.6 Å². The first-order valence-electron chi connectivity index (χ1n) is 7.71. The highest BCUT2D eigenvalue weighted by Gasteiger charge is 2.22. The molecule has 0 fully saturated rings. The molecule has 25 heavy (non-hydrogen) atoms. The summed E-state index contributed by atoms with van der Waals surface area (Å²) in [6.45, 7) is 3.58. The van der Waals surface area contributed by atoms with E-state index in [9.17, 15) is 19.1 Å². The number of carbonyl (C=O) groups excluding carboxylic acids is 2. The van der Waals surface area contributed by atoms with Crippen molar-refractivity contribution >= 4 is 22.7 Å². The van der Waals surface area contributed by atoms with Crippen LogP contribution in [-0.4, -0.2) is 21.5 Å². The summed E-state index contributed by atoms with van der Waals surface area (Å²) in [4.78, 5) is 24.3. The zero-order valence-corrected chi connectivity index (χ0v) is 13.8. The van der Waals surface area contributed by atoms with Crippen LogP contribution in [0.1, 0.15) is 27.2 Å². The van der Waals surface area contributed by atoms with Crippen LogP contribution in [0.25, 0.3) is 10.9 Å². The molecule has 1 amide bonds. The van der Waals surface area contributed by atoms with Crippen LogP contribution in [0.15, 0.2) is 36.4 Å². The smallest absolute Gasteiger partial charge is 0.262 e. The van der Waals surface area contributed by atoms with Gasteiger partial charge in [0.1, 0.15) is 0 Å². The highest BCUT2D eigenvalue weighted by molar-refractivity contribution is 6.05. The number of carbonyl (C=O) groups is 2. The number of phenols is 1. The second kappa shape index (κ2) is 6.05. The average Bonchev–Trinajstić information content (AvgIpc) is 2.80. The highest BCUT2D eigenvalue weighted by atomic mass is 19.1. The van der Waals surface area contributed by atoms with Gasteiger partial charge in [-0.3, -0.25) is 14.2 Å². The number of nitrogens with two attached hydrogens (primary N) is 1. The van der Waals surface area contributed by atoms with E-state index in [4.69, 9.17) is 5.73 Å². The zero-order valence-electron chi connectivity index (χ0n) is 13.8. The fourth-order valence-electron chi connectivity index (χ4n) is 2.97. The Hall–Kier alpha value is -3.15. The van der Waals surface area contributed by atoms with E-state index < -0.39 is 17.5 Å². The Kier molecular flexibility index (Phi) is 4.04. The van der Waals surface area contributed by atoms with Crippen molar-refractivity contribution in [3.05, 3.63) is 64.6 Å². The van der Waals surface area contributed by atoms with E-state index in [2.05, 4.69) is 0 Å². The molecular formula is C19H17FN2O3. The van der Waals surface area contributed by atoms with E-state index in [0.29, 0.717) is 22.2 Å². The van der Waals surface area contributed by atoms with Crippen LogP contribution in [0.2, 0.25) is 0 Å². The molecule has 0 saturated heterocycles. The predicted molar refractivity (Wildman–Crippen MR) is 92.1 cm³/mol. The molecular weight excluding hydrogens is 323 g/mol. The first kappa shape index (κ1) is 16.7. The van der Waals surface area contributed by atoms with E-state index in [1.165, 1.54) is 10.6 Å². The standard InChI is InChI=1S/C19H17FN2O3/c1-10-3-5-12(6-4-10)19(25)22-11(2)13(8-18(21)24)14-7-17(23)15(20)9-16(14)22/h3-7,9,23H,8H2,1-2H3,(H2,21,24). The van der Waals surface area contributed by atoms with Crippen molar-refractivity contribution in [1.29, 1.82) is 0 Å². The minimum absolute atomic E-state index is 0.110. The molecule has 1 heterocycles. The Balaban J connectivity index is 2.28. The molecule has 0 aliphatic rings. The van der Waals surface area contributed by atoms with Gasteiger partial charge in [0.2, 0.25) is 5.91 Å². The zero-order chi connectivity index (χ0) is 18.3. The van der Waals surface area contributed by atoms with Crippen LogP contribution in [0.4, 0.5) is 4.39 Å². The second-order valence-electron chi connectivity index (χ2n) is 6.03. The van der Waals surface area contributed by atoms with Crippen molar-refractivity contribution in [3.63, 3.8) is 0 Å². The van der Waals surface area contributed by atoms with E-state index in [-0.39, 0.29) is 17.8 Å². The van der Waals surface area contributed by atoms with E-state index >= 15 is 0 Å². The van der Waals surface area contributed by atoms with Crippen molar-refractivity contribution in [2.45, 2.75) is 20.3 Å². The Labute approximate surface area is 143 Å². The molecule has 0 spiro atoms. The maximum atomic E-state index is 13.9. The number of rotatable bonds is 3. The Morgan fingerprint density at radius 2 is 1.80 bits per heavy atom. The lowest BCUT2D eigenvalue weighted by atomic mass is 10.1. The number of nitrogens with zero attached hydrogens (tertiary/aromatic N) is 1. The SMILES string of the molecule is Cc1ccc(C(=O)n2c(C)c(CC(N)=O)c3cc(O)c(F)cc32)cc1. The Bertz CT molecular complexity index is 1000. The Morgan fingerprint density at radius 1 is 1.16 bits per heavy atom. The summed E-state index contributed by atoms with van der Waals surface area (Å²) in [6, 6.07) is 9.31. The van der Waals surface area contributed by atoms with Crippen molar-refractivity contribution in [2.24, 2.45) is 5.73 Å². The maximum absolute atomic E-state index is 13.9. The fraction of sp³-hybridized carbons (Fsp3) is 0.158. The maximum Gasteiger partial charge on any atom is 0.262 e. The minimum atomic E-state index is -0.839. The average molecular weight is 340 g/mol. The van der Waals surface area contributed by atoms with E-state index in [1.807, 2.05) is 19.1 Å². The molecule has 0 unspecified atom stereocenters. The van der Waals surface area contributed by atoms with Crippen LogP contribution < -0.4 is 5.73 Å². The first-order chi connectivity index (χ1) is 11.8. The summed E-state index contributed by atoms with van der Waals surface area (Å²) in [5.74, 6) is -2.30. The summed E-state index contributed by atoms with van der Waals surface area (Å²) >= 11 is 0. The number of hydrogen-bond acceptors (Lipinski definition) is 3. The van der Waals surface area contributed by atoms with Gasteiger partial charge in [0, 0.05) is 22.7 Å². The van der Waals surface area contributed by atoms with Gasteiger partial charge in [-0.2, -0.15) is 0 Å². The molecule has 128 valence electrons. The lowest BCUT2D eigenvalue weighted by Crippen LogP contribution is -2.16. The van der Waals surface area contributed by atoms with Crippen molar-refractivity contribution in [1.82, 2.24) is 4.57 Å². The van der Waals surface area contributed by atoms with Crippen molar-refractivity contribution in [2.75, 3.05) is 0 Å². The number of phenolic OH excluding ortho intramolecular Hbond substituents is 1. The molecule has 0 saturated carbocycles. The number of aromatic nitrogens is 1. The summed E-state index contributed by atoms with van der Waals surface area (Å²) in [5.41, 5.74) is 8.02. The minimum Gasteiger partial charge on any atom is -0.505 e. The van der Waals surface area contributed by atoms with Gasteiger partial charge in [-0.25, -0.2) is 4.39 Å². The van der Waals surface area contributed by atoms with Gasteiger partial charge in [-0.15, -0.1) is 0 Å². The summed E-state index contributed by atoms with van der Waals surface area (Å²) in [7, 11) is 0. The van der Waals surface area contributed by atoms with Gasteiger partial charge in [0.25, 0.3) is 5.91 Å². The van der Waals surface area contributed by atoms with Crippen molar-refractivity contribution in [3.8, 4) is 5.75 Å². The van der Waals surface area contributed by atoms with Crippen LogP contribution in [0, 0.1) is 19.7 Å². The lowest BCUT2D eigenvalue weighted by molar-refractivity contribution is -0.117. The third kappa shape index (κ3) is 2.87. The molecule has 3 N–H and O–H groups in total. The van der Waals surface area contributed by atoms with Crippen molar-refractivity contribution < 1.29 is 19.1 Å². The molecule has 6 heteroatoms. The van der Waals surface area contributed by atoms with Gasteiger partial charge >= 0.3 is 0 Å². The third-order valence-corrected chi connectivity index (χ3v) is 4.26. The predicted octanol–water partition coefficient (Wildman–Crippen LogP) is 2.82. The largest absolute Gasteiger partial charge is 0.505 e. The molecule has 3 rings (SSSR count). The van der Waals surface area contributed by atoms with Crippen LogP contribution in [-0.2, 0) is 11.2 Å². The molecule has 0 aliphatic heterocycles. The second-order valence-corrected chi connectivity index (χ2v) is 6.03. The molecule has 0 bridgehead atoms.